The average Bonchev–Trinajstić information content (AvgIpc) is 2.17. The van der Waals surface area contributed by atoms with E-state index in [2.05, 4.69) is 18.2 Å². The van der Waals surface area contributed by atoms with Gasteiger partial charge in [0.2, 0.25) is 0 Å². The van der Waals surface area contributed by atoms with Gasteiger partial charge in [0.15, 0.2) is 0 Å². The number of hydrogen-bond acceptors (Lipinski definition) is 1. The summed E-state index contributed by atoms with van der Waals surface area (Å²) in [6, 6.07) is 7.98. The molecule has 0 aliphatic heterocycles. The van der Waals surface area contributed by atoms with Crippen molar-refractivity contribution in [1.82, 2.24) is 0 Å². The first kappa shape index (κ1) is 7.12. The minimum Gasteiger partial charge on any atom is -0.192 e. The minimum absolute atomic E-state index is 0.750. The van der Waals surface area contributed by atoms with Gasteiger partial charge in [0.25, 0.3) is 0 Å². The van der Waals surface area contributed by atoms with Gasteiger partial charge in [0, 0.05) is 0 Å². The number of benzene rings is 1. The zero-order chi connectivity index (χ0) is 8.39. The Hall–Kier alpha value is -1.55. The van der Waals surface area contributed by atoms with E-state index in [-0.39, 0.29) is 0 Å². The first-order valence-corrected chi connectivity index (χ1v) is 4.11. The van der Waals surface area contributed by atoms with Gasteiger partial charge in [0.1, 0.15) is 0 Å². The maximum atomic E-state index is 8.67. The third-order valence-electron chi connectivity index (χ3n) is 2.11. The maximum Gasteiger partial charge on any atom is 0.0991 e. The molecule has 2 rings (SSSR count). The lowest BCUT2D eigenvalue weighted by molar-refractivity contribution is 1.12. The molecule has 0 saturated heterocycles. The van der Waals surface area contributed by atoms with Crippen molar-refractivity contribution in [2.75, 3.05) is 0 Å². The molecule has 0 unspecified atom stereocenters. The molecule has 0 radical (unpaired) electrons. The second-order valence-corrected chi connectivity index (χ2v) is 2.94. The Morgan fingerprint density at radius 2 is 1.83 bits per heavy atom. The fraction of sp³-hybridized carbons (Fsp3) is 0.182. The molecule has 0 atom stereocenters. The quantitative estimate of drug-likeness (QED) is 0.546. The number of nitrogens with zero attached hydrogens (tertiary/aromatic N) is 1. The third kappa shape index (κ3) is 1.12. The minimum atomic E-state index is 0.750. The number of nitriles is 1. The molecule has 0 fully saturated rings. The molecule has 58 valence electrons. The summed E-state index contributed by atoms with van der Waals surface area (Å²) in [5.74, 6) is 0. The van der Waals surface area contributed by atoms with E-state index < -0.39 is 0 Å². The Morgan fingerprint density at radius 1 is 1.08 bits per heavy atom. The number of hydrogen-bond donors (Lipinski definition) is 0. The van der Waals surface area contributed by atoms with Crippen molar-refractivity contribution in [2.24, 2.45) is 0 Å². The Bertz CT molecular complexity index is 449. The molecule has 1 aliphatic rings. The molecule has 1 aromatic rings. The van der Waals surface area contributed by atoms with Crippen molar-refractivity contribution in [1.29, 1.82) is 5.26 Å². The summed E-state index contributed by atoms with van der Waals surface area (Å²) < 4.78 is 0. The number of fused-ring (bicyclic) bond motifs is 1. The van der Waals surface area contributed by atoms with E-state index >= 15 is 0 Å². The molecule has 1 heteroatoms. The third-order valence-corrected chi connectivity index (χ3v) is 2.11. The van der Waals surface area contributed by atoms with E-state index in [4.69, 9.17) is 5.26 Å². The maximum absolute atomic E-state index is 8.67. The highest BCUT2D eigenvalue weighted by Gasteiger charge is 1.94. The van der Waals surface area contributed by atoms with Gasteiger partial charge in [-0.1, -0.05) is 18.2 Å². The van der Waals surface area contributed by atoms with Crippen molar-refractivity contribution in [3.05, 3.63) is 34.2 Å². The smallest absolute Gasteiger partial charge is 0.0991 e. The summed E-state index contributed by atoms with van der Waals surface area (Å²) in [7, 11) is 0. The zero-order valence-corrected chi connectivity index (χ0v) is 6.75. The monoisotopic (exact) mass is 155 g/mol. The van der Waals surface area contributed by atoms with Crippen molar-refractivity contribution in [3.63, 3.8) is 0 Å². The van der Waals surface area contributed by atoms with Crippen LogP contribution < -0.4 is 10.4 Å². The highest BCUT2D eigenvalue weighted by molar-refractivity contribution is 5.41. The molecule has 0 N–H and O–H groups in total. The predicted molar refractivity (Wildman–Crippen MR) is 48.6 cm³/mol. The normalized spacial score (nSPS) is 13.6. The zero-order valence-electron chi connectivity index (χ0n) is 6.75. The Balaban J connectivity index is 2.76. The highest BCUT2D eigenvalue weighted by Crippen LogP contribution is 1.96. The Morgan fingerprint density at radius 3 is 2.58 bits per heavy atom. The van der Waals surface area contributed by atoms with E-state index in [0.717, 1.165) is 18.4 Å². The molecular formula is C11H9N. The van der Waals surface area contributed by atoms with Gasteiger partial charge in [-0.2, -0.15) is 5.26 Å². The largest absolute Gasteiger partial charge is 0.192 e. The van der Waals surface area contributed by atoms with Gasteiger partial charge < -0.3 is 0 Å². The van der Waals surface area contributed by atoms with Gasteiger partial charge in [-0.25, -0.2) is 0 Å². The van der Waals surface area contributed by atoms with Gasteiger partial charge in [-0.3, -0.25) is 0 Å². The van der Waals surface area contributed by atoms with Crippen molar-refractivity contribution in [3.8, 4) is 6.07 Å². The van der Waals surface area contributed by atoms with E-state index in [9.17, 15) is 0 Å². The topological polar surface area (TPSA) is 23.8 Å². The molecule has 0 saturated carbocycles. The SMILES string of the molecule is N#Cc1ccc2c(c1)=CCCC=2. The van der Waals surface area contributed by atoms with Crippen LogP contribution >= 0.6 is 0 Å². The van der Waals surface area contributed by atoms with E-state index in [1.54, 1.807) is 0 Å². The van der Waals surface area contributed by atoms with Crippen molar-refractivity contribution < 1.29 is 0 Å². The van der Waals surface area contributed by atoms with Crippen molar-refractivity contribution in [2.45, 2.75) is 12.8 Å². The van der Waals surface area contributed by atoms with Crippen LogP contribution in [0.2, 0.25) is 0 Å². The van der Waals surface area contributed by atoms with E-state index in [1.165, 1.54) is 10.4 Å². The molecular weight excluding hydrogens is 146 g/mol. The van der Waals surface area contributed by atoms with Crippen LogP contribution in [0.5, 0.6) is 0 Å². The molecule has 0 spiro atoms. The van der Waals surface area contributed by atoms with Crippen LogP contribution in [0.1, 0.15) is 18.4 Å². The Kier molecular flexibility index (Phi) is 1.68. The van der Waals surface area contributed by atoms with Crippen LogP contribution in [-0.2, 0) is 0 Å². The molecule has 0 amide bonds. The van der Waals surface area contributed by atoms with Crippen LogP contribution in [-0.4, -0.2) is 0 Å². The van der Waals surface area contributed by atoms with Crippen LogP contribution in [0.25, 0.3) is 12.2 Å². The highest BCUT2D eigenvalue weighted by atomic mass is 14.2. The summed E-state index contributed by atoms with van der Waals surface area (Å²) in [5.41, 5.74) is 0.750. The van der Waals surface area contributed by atoms with Crippen LogP contribution in [0.4, 0.5) is 0 Å². The second kappa shape index (κ2) is 2.83. The molecule has 1 aromatic carbocycles. The molecule has 1 aliphatic carbocycles. The van der Waals surface area contributed by atoms with Crippen molar-refractivity contribution >= 4 is 12.2 Å². The average molecular weight is 155 g/mol. The van der Waals surface area contributed by atoms with Crippen LogP contribution in [0.15, 0.2) is 18.2 Å². The first-order valence-electron chi connectivity index (χ1n) is 4.11. The van der Waals surface area contributed by atoms with Gasteiger partial charge in [-0.05, 0) is 35.4 Å². The lowest BCUT2D eigenvalue weighted by atomic mass is 10.1. The molecule has 1 nitrogen and oxygen atoms in total. The molecule has 0 bridgehead atoms. The summed E-state index contributed by atoms with van der Waals surface area (Å²) in [6.07, 6.45) is 6.63. The second-order valence-electron chi connectivity index (χ2n) is 2.94. The molecule has 12 heavy (non-hydrogen) atoms. The lowest BCUT2D eigenvalue weighted by Crippen LogP contribution is -2.26. The van der Waals surface area contributed by atoms with Gasteiger partial charge >= 0.3 is 0 Å². The van der Waals surface area contributed by atoms with Gasteiger partial charge in [0.05, 0.1) is 11.6 Å². The Labute approximate surface area is 71.3 Å². The summed E-state index contributed by atoms with van der Waals surface area (Å²) in [6.45, 7) is 0. The molecule has 0 heterocycles. The van der Waals surface area contributed by atoms with Crippen LogP contribution in [0, 0.1) is 11.3 Å². The lowest BCUT2D eigenvalue weighted by Gasteiger charge is -1.98. The van der Waals surface area contributed by atoms with E-state index in [1.807, 2.05) is 18.2 Å². The summed E-state index contributed by atoms with van der Waals surface area (Å²) in [4.78, 5) is 0. The fourth-order valence-corrected chi connectivity index (χ4v) is 1.48. The first-order chi connectivity index (χ1) is 5.90. The predicted octanol–water partition coefficient (Wildman–Crippen LogP) is 0.913. The standard InChI is InChI=1S/C11H9N/c12-8-9-5-6-10-3-1-2-4-11(10)7-9/h3-7H,1-2H2. The van der Waals surface area contributed by atoms with Gasteiger partial charge in [-0.15, -0.1) is 0 Å². The fourth-order valence-electron chi connectivity index (χ4n) is 1.48. The summed E-state index contributed by atoms with van der Waals surface area (Å²) >= 11 is 0. The molecule has 0 aromatic heterocycles. The number of rotatable bonds is 0. The van der Waals surface area contributed by atoms with E-state index in [0.29, 0.717) is 0 Å². The summed E-state index contributed by atoms with van der Waals surface area (Å²) in [5, 5.41) is 11.1. The van der Waals surface area contributed by atoms with Crippen LogP contribution in [0.3, 0.4) is 0 Å².